The van der Waals surface area contributed by atoms with E-state index in [-0.39, 0.29) is 0 Å². The van der Waals surface area contributed by atoms with E-state index in [2.05, 4.69) is 77.9 Å². The fourth-order valence-electron chi connectivity index (χ4n) is 3.45. The highest BCUT2D eigenvalue weighted by atomic mass is 14.8. The maximum atomic E-state index is 6.49. The predicted octanol–water partition coefficient (Wildman–Crippen LogP) is 6.37. The minimum absolute atomic E-state index is 0.586. The Morgan fingerprint density at radius 3 is 2.04 bits per heavy atom. The van der Waals surface area contributed by atoms with Crippen molar-refractivity contribution < 1.29 is 0 Å². The SMILES string of the molecule is CCc1cccc(CC(C)C)c1N=C(C)c1cccc(CC(C)C)c1N. The first-order valence-electron chi connectivity index (χ1n) is 9.87. The van der Waals surface area contributed by atoms with E-state index in [0.29, 0.717) is 11.8 Å². The summed E-state index contributed by atoms with van der Waals surface area (Å²) in [5.74, 6) is 1.19. The summed E-state index contributed by atoms with van der Waals surface area (Å²) in [4.78, 5) is 5.07. The van der Waals surface area contributed by atoms with Crippen LogP contribution in [0.4, 0.5) is 11.4 Å². The zero-order valence-corrected chi connectivity index (χ0v) is 17.3. The summed E-state index contributed by atoms with van der Waals surface area (Å²) in [6.45, 7) is 13.2. The van der Waals surface area contributed by atoms with E-state index in [1.807, 2.05) is 0 Å². The molecule has 0 bridgehead atoms. The number of nitrogens with zero attached hydrogens (tertiary/aromatic N) is 1. The standard InChI is InChI=1S/C24H34N2/c1-7-19-10-8-12-21(15-17(4)5)24(19)26-18(6)22-13-9-11-20(23(22)25)14-16(2)3/h8-13,16-17H,7,14-15,25H2,1-6H3. The number of rotatable bonds is 7. The number of aliphatic imine (C=N–C) groups is 1. The zero-order valence-electron chi connectivity index (χ0n) is 17.3. The van der Waals surface area contributed by atoms with Gasteiger partial charge in [-0.25, -0.2) is 0 Å². The van der Waals surface area contributed by atoms with Crippen LogP contribution in [0.1, 0.15) is 63.8 Å². The first-order chi connectivity index (χ1) is 12.3. The van der Waals surface area contributed by atoms with Crippen LogP contribution in [0.3, 0.4) is 0 Å². The lowest BCUT2D eigenvalue weighted by Gasteiger charge is -2.15. The molecule has 140 valence electrons. The van der Waals surface area contributed by atoms with Crippen molar-refractivity contribution in [2.45, 2.75) is 60.8 Å². The second-order valence-corrected chi connectivity index (χ2v) is 8.05. The van der Waals surface area contributed by atoms with E-state index in [4.69, 9.17) is 10.7 Å². The van der Waals surface area contributed by atoms with Crippen molar-refractivity contribution in [1.29, 1.82) is 0 Å². The Morgan fingerprint density at radius 2 is 1.42 bits per heavy atom. The highest BCUT2D eigenvalue weighted by molar-refractivity contribution is 6.05. The molecule has 0 atom stereocenters. The Labute approximate surface area is 159 Å². The monoisotopic (exact) mass is 350 g/mol. The molecule has 0 amide bonds. The van der Waals surface area contributed by atoms with Crippen molar-refractivity contribution in [2.75, 3.05) is 5.73 Å². The molecule has 0 aromatic heterocycles. The third kappa shape index (κ3) is 4.97. The van der Waals surface area contributed by atoms with Gasteiger partial charge in [-0.3, -0.25) is 4.99 Å². The van der Waals surface area contributed by atoms with Crippen LogP contribution in [0.2, 0.25) is 0 Å². The first-order valence-corrected chi connectivity index (χ1v) is 9.87. The molecule has 0 aliphatic heterocycles. The van der Waals surface area contributed by atoms with Crippen molar-refractivity contribution >= 4 is 17.1 Å². The largest absolute Gasteiger partial charge is 0.398 e. The average Bonchev–Trinajstić information content (AvgIpc) is 2.57. The Morgan fingerprint density at radius 1 is 0.885 bits per heavy atom. The molecule has 0 unspecified atom stereocenters. The molecule has 0 spiro atoms. The van der Waals surface area contributed by atoms with Crippen molar-refractivity contribution in [2.24, 2.45) is 16.8 Å². The van der Waals surface area contributed by atoms with Gasteiger partial charge in [-0.2, -0.15) is 0 Å². The van der Waals surface area contributed by atoms with Gasteiger partial charge in [0.25, 0.3) is 0 Å². The molecule has 2 heteroatoms. The molecule has 0 heterocycles. The summed E-state index contributed by atoms with van der Waals surface area (Å²) in [6.07, 6.45) is 3.03. The quantitative estimate of drug-likeness (QED) is 0.457. The van der Waals surface area contributed by atoms with Gasteiger partial charge >= 0.3 is 0 Å². The summed E-state index contributed by atoms with van der Waals surface area (Å²) in [5.41, 5.74) is 14.4. The number of para-hydroxylation sites is 2. The lowest BCUT2D eigenvalue weighted by molar-refractivity contribution is 0.647. The molecule has 0 saturated carbocycles. The molecule has 0 radical (unpaired) electrons. The smallest absolute Gasteiger partial charge is 0.0697 e. The molecular weight excluding hydrogens is 316 g/mol. The number of anilines is 1. The summed E-state index contributed by atoms with van der Waals surface area (Å²) >= 11 is 0. The third-order valence-electron chi connectivity index (χ3n) is 4.71. The molecule has 2 rings (SSSR count). The molecule has 2 aromatic carbocycles. The minimum Gasteiger partial charge on any atom is -0.398 e. The van der Waals surface area contributed by atoms with E-state index in [0.717, 1.165) is 41.9 Å². The molecule has 0 fully saturated rings. The Bertz CT molecular complexity index is 770. The van der Waals surface area contributed by atoms with Crippen LogP contribution >= 0.6 is 0 Å². The number of nitrogen functional groups attached to an aromatic ring is 1. The van der Waals surface area contributed by atoms with Crippen LogP contribution in [0, 0.1) is 11.8 Å². The fraction of sp³-hybridized carbons (Fsp3) is 0.458. The Kier molecular flexibility index (Phi) is 7.02. The normalized spacial score (nSPS) is 12.2. The second-order valence-electron chi connectivity index (χ2n) is 8.05. The maximum absolute atomic E-state index is 6.49. The van der Waals surface area contributed by atoms with Gasteiger partial charge in [0.2, 0.25) is 0 Å². The minimum atomic E-state index is 0.586. The molecule has 0 aliphatic rings. The number of hydrogen-bond acceptors (Lipinski definition) is 2. The first kappa shape index (κ1) is 20.2. The molecule has 2 N–H and O–H groups in total. The van der Waals surface area contributed by atoms with Gasteiger partial charge in [-0.1, -0.05) is 71.0 Å². The summed E-state index contributed by atoms with van der Waals surface area (Å²) in [6, 6.07) is 12.9. The molecule has 26 heavy (non-hydrogen) atoms. The topological polar surface area (TPSA) is 38.4 Å². The van der Waals surface area contributed by atoms with E-state index < -0.39 is 0 Å². The van der Waals surface area contributed by atoms with Crippen LogP contribution in [0.15, 0.2) is 41.4 Å². The van der Waals surface area contributed by atoms with E-state index >= 15 is 0 Å². The Balaban J connectivity index is 2.50. The van der Waals surface area contributed by atoms with Crippen molar-refractivity contribution in [3.05, 3.63) is 58.7 Å². The van der Waals surface area contributed by atoms with Crippen molar-refractivity contribution in [3.63, 3.8) is 0 Å². The van der Waals surface area contributed by atoms with Crippen LogP contribution in [0.5, 0.6) is 0 Å². The average molecular weight is 351 g/mol. The molecule has 2 aromatic rings. The van der Waals surface area contributed by atoms with Gasteiger partial charge in [0.05, 0.1) is 5.69 Å². The highest BCUT2D eigenvalue weighted by Crippen LogP contribution is 2.30. The fourth-order valence-corrected chi connectivity index (χ4v) is 3.45. The van der Waals surface area contributed by atoms with E-state index in [9.17, 15) is 0 Å². The molecule has 0 aliphatic carbocycles. The number of benzene rings is 2. The van der Waals surface area contributed by atoms with Gasteiger partial charge in [0.1, 0.15) is 0 Å². The lowest BCUT2D eigenvalue weighted by Crippen LogP contribution is -2.07. The van der Waals surface area contributed by atoms with E-state index in [1.165, 1.54) is 16.7 Å². The molecule has 2 nitrogen and oxygen atoms in total. The van der Waals surface area contributed by atoms with Gasteiger partial charge in [-0.15, -0.1) is 0 Å². The number of hydrogen-bond donors (Lipinski definition) is 1. The Hall–Kier alpha value is -2.09. The number of aryl methyl sites for hydroxylation is 1. The molecule has 0 saturated heterocycles. The highest BCUT2D eigenvalue weighted by Gasteiger charge is 2.12. The van der Waals surface area contributed by atoms with Crippen LogP contribution in [-0.4, -0.2) is 5.71 Å². The number of nitrogens with two attached hydrogens (primary N) is 1. The van der Waals surface area contributed by atoms with E-state index in [1.54, 1.807) is 0 Å². The predicted molar refractivity (Wildman–Crippen MR) is 116 cm³/mol. The third-order valence-corrected chi connectivity index (χ3v) is 4.71. The van der Waals surface area contributed by atoms with Crippen LogP contribution in [-0.2, 0) is 19.3 Å². The lowest BCUT2D eigenvalue weighted by atomic mass is 9.96. The summed E-state index contributed by atoms with van der Waals surface area (Å²) < 4.78 is 0. The van der Waals surface area contributed by atoms with Crippen molar-refractivity contribution in [3.8, 4) is 0 Å². The second kappa shape index (κ2) is 9.02. The van der Waals surface area contributed by atoms with Crippen LogP contribution < -0.4 is 5.73 Å². The van der Waals surface area contributed by atoms with Gasteiger partial charge in [-0.05, 0) is 54.7 Å². The molecular formula is C24H34N2. The maximum Gasteiger partial charge on any atom is 0.0697 e. The van der Waals surface area contributed by atoms with Gasteiger partial charge in [0.15, 0.2) is 0 Å². The van der Waals surface area contributed by atoms with Crippen molar-refractivity contribution in [1.82, 2.24) is 0 Å². The van der Waals surface area contributed by atoms with Gasteiger partial charge < -0.3 is 5.73 Å². The summed E-state index contributed by atoms with van der Waals surface area (Å²) in [7, 11) is 0. The summed E-state index contributed by atoms with van der Waals surface area (Å²) in [5, 5.41) is 0. The van der Waals surface area contributed by atoms with Gasteiger partial charge in [0, 0.05) is 17.0 Å². The zero-order chi connectivity index (χ0) is 19.3. The van der Waals surface area contributed by atoms with Crippen LogP contribution in [0.25, 0.3) is 0 Å².